The number of pyridine rings is 1. The van der Waals surface area contributed by atoms with Crippen molar-refractivity contribution in [1.29, 1.82) is 0 Å². The highest BCUT2D eigenvalue weighted by molar-refractivity contribution is 5.85. The number of hydrogen-bond donors (Lipinski definition) is 1. The van der Waals surface area contributed by atoms with Crippen LogP contribution in [-0.4, -0.2) is 29.5 Å². The molecule has 1 N–H and O–H groups in total. The quantitative estimate of drug-likeness (QED) is 0.924. The predicted molar refractivity (Wildman–Crippen MR) is 98.0 cm³/mol. The van der Waals surface area contributed by atoms with Gasteiger partial charge in [-0.05, 0) is 34.7 Å². The summed E-state index contributed by atoms with van der Waals surface area (Å²) in [7, 11) is 0. The molecule has 0 amide bonds. The smallest absolute Gasteiger partial charge is 0.0477 e. The first-order valence-corrected chi connectivity index (χ1v) is 8.17. The summed E-state index contributed by atoms with van der Waals surface area (Å²) >= 11 is 0. The van der Waals surface area contributed by atoms with Gasteiger partial charge in [0.15, 0.2) is 0 Å². The molecule has 0 spiro atoms. The Hall–Kier alpha value is -1.42. The number of rotatable bonds is 4. The van der Waals surface area contributed by atoms with Crippen molar-refractivity contribution < 1.29 is 0 Å². The lowest BCUT2D eigenvalue weighted by Crippen LogP contribution is -2.45. The largest absolute Gasteiger partial charge is 0.314 e. The highest BCUT2D eigenvalue weighted by Crippen LogP contribution is 2.24. The third-order valence-corrected chi connectivity index (χ3v) is 4.48. The Balaban J connectivity index is 0.00000192. The van der Waals surface area contributed by atoms with Crippen molar-refractivity contribution in [2.75, 3.05) is 19.6 Å². The molecule has 3 nitrogen and oxygen atoms in total. The van der Waals surface area contributed by atoms with Crippen LogP contribution in [0.3, 0.4) is 0 Å². The minimum Gasteiger partial charge on any atom is -0.314 e. The van der Waals surface area contributed by atoms with Crippen LogP contribution >= 0.6 is 12.4 Å². The first-order valence-electron chi connectivity index (χ1n) is 8.17. The van der Waals surface area contributed by atoms with Crippen molar-refractivity contribution in [3.63, 3.8) is 0 Å². The van der Waals surface area contributed by atoms with E-state index >= 15 is 0 Å². The molecule has 1 unspecified atom stereocenters. The number of nitrogens with one attached hydrogen (secondary N) is 1. The van der Waals surface area contributed by atoms with Crippen molar-refractivity contribution in [3.8, 4) is 0 Å². The van der Waals surface area contributed by atoms with Gasteiger partial charge < -0.3 is 5.32 Å². The molecule has 4 heteroatoms. The van der Waals surface area contributed by atoms with Gasteiger partial charge in [0.25, 0.3) is 0 Å². The van der Waals surface area contributed by atoms with Gasteiger partial charge >= 0.3 is 0 Å². The van der Waals surface area contributed by atoms with E-state index in [-0.39, 0.29) is 12.4 Å². The van der Waals surface area contributed by atoms with Gasteiger partial charge in [-0.15, -0.1) is 12.4 Å². The molecule has 1 fully saturated rings. The van der Waals surface area contributed by atoms with Crippen LogP contribution in [-0.2, 0) is 6.54 Å². The summed E-state index contributed by atoms with van der Waals surface area (Å²) in [6, 6.07) is 13.8. The highest BCUT2D eigenvalue weighted by atomic mass is 35.5. The Labute approximate surface area is 145 Å². The molecule has 124 valence electrons. The topological polar surface area (TPSA) is 28.2 Å². The Morgan fingerprint density at radius 1 is 1.13 bits per heavy atom. The molecule has 0 aliphatic carbocycles. The summed E-state index contributed by atoms with van der Waals surface area (Å²) in [4.78, 5) is 6.70. The summed E-state index contributed by atoms with van der Waals surface area (Å²) in [5.74, 6) is 0.595. The van der Waals surface area contributed by atoms with Gasteiger partial charge in [-0.2, -0.15) is 0 Å². The van der Waals surface area contributed by atoms with Crippen LogP contribution in [0.1, 0.15) is 42.5 Å². The Kier molecular flexibility index (Phi) is 6.58. The molecule has 1 saturated heterocycles. The molecular weight excluding hydrogens is 306 g/mol. The van der Waals surface area contributed by atoms with Gasteiger partial charge in [-0.3, -0.25) is 9.88 Å². The zero-order valence-electron chi connectivity index (χ0n) is 13.9. The van der Waals surface area contributed by atoms with E-state index in [2.05, 4.69) is 65.4 Å². The first-order chi connectivity index (χ1) is 10.7. The fraction of sp³-hybridized carbons (Fsp3) is 0.421. The van der Waals surface area contributed by atoms with E-state index in [1.807, 2.05) is 12.4 Å². The van der Waals surface area contributed by atoms with E-state index in [1.54, 1.807) is 0 Å². The van der Waals surface area contributed by atoms with Crippen LogP contribution in [0.15, 0.2) is 48.8 Å². The van der Waals surface area contributed by atoms with Gasteiger partial charge in [-0.1, -0.05) is 38.1 Å². The van der Waals surface area contributed by atoms with Crippen LogP contribution in [0.25, 0.3) is 0 Å². The molecule has 1 aromatic heterocycles. The molecule has 1 aliphatic heterocycles. The van der Waals surface area contributed by atoms with Gasteiger partial charge in [0.1, 0.15) is 0 Å². The Bertz CT molecular complexity index is 583. The van der Waals surface area contributed by atoms with Crippen molar-refractivity contribution in [1.82, 2.24) is 15.2 Å². The molecule has 2 aromatic rings. The van der Waals surface area contributed by atoms with Gasteiger partial charge in [0.2, 0.25) is 0 Å². The van der Waals surface area contributed by atoms with Crippen molar-refractivity contribution >= 4 is 12.4 Å². The van der Waals surface area contributed by atoms with Crippen LogP contribution in [0.4, 0.5) is 0 Å². The summed E-state index contributed by atoms with van der Waals surface area (Å²) < 4.78 is 0. The monoisotopic (exact) mass is 331 g/mol. The van der Waals surface area contributed by atoms with E-state index in [1.165, 1.54) is 16.7 Å². The second kappa shape index (κ2) is 8.44. The number of hydrogen-bond acceptors (Lipinski definition) is 3. The maximum atomic E-state index is 4.14. The van der Waals surface area contributed by atoms with Crippen LogP contribution in [0, 0.1) is 0 Å². The fourth-order valence-electron chi connectivity index (χ4n) is 3.09. The van der Waals surface area contributed by atoms with Gasteiger partial charge in [-0.25, -0.2) is 0 Å². The van der Waals surface area contributed by atoms with Crippen molar-refractivity contribution in [2.24, 2.45) is 0 Å². The molecule has 23 heavy (non-hydrogen) atoms. The Morgan fingerprint density at radius 2 is 1.83 bits per heavy atom. The lowest BCUT2D eigenvalue weighted by Gasteiger charge is -2.36. The molecule has 0 saturated carbocycles. The zero-order chi connectivity index (χ0) is 15.4. The van der Waals surface area contributed by atoms with Crippen LogP contribution in [0.2, 0.25) is 0 Å². The molecule has 3 rings (SSSR count). The average molecular weight is 332 g/mol. The zero-order valence-corrected chi connectivity index (χ0v) is 14.7. The molecule has 0 radical (unpaired) electrons. The normalized spacial score (nSPS) is 18.7. The van der Waals surface area contributed by atoms with E-state index < -0.39 is 0 Å². The third kappa shape index (κ3) is 4.54. The maximum Gasteiger partial charge on any atom is 0.0477 e. The number of aromatic nitrogens is 1. The standard InChI is InChI=1S/C19H25N3.ClH/c1-15(2)17-5-3-16(4-6-17)14-22-12-11-21-13-19(22)18-7-9-20-10-8-18;/h3-10,15,19,21H,11-14H2,1-2H3;1H. The van der Waals surface area contributed by atoms with Crippen LogP contribution in [0.5, 0.6) is 0 Å². The van der Waals surface area contributed by atoms with E-state index in [0.717, 1.165) is 26.2 Å². The minimum atomic E-state index is 0. The van der Waals surface area contributed by atoms with Crippen molar-refractivity contribution in [2.45, 2.75) is 32.4 Å². The lowest BCUT2D eigenvalue weighted by molar-refractivity contribution is 0.153. The SMILES string of the molecule is CC(C)c1ccc(CN2CCNCC2c2ccncc2)cc1.Cl. The number of nitrogens with zero attached hydrogens (tertiary/aromatic N) is 2. The Morgan fingerprint density at radius 3 is 2.48 bits per heavy atom. The summed E-state index contributed by atoms with van der Waals surface area (Å²) in [6.07, 6.45) is 3.78. The second-order valence-corrected chi connectivity index (χ2v) is 6.37. The number of benzene rings is 1. The predicted octanol–water partition coefficient (Wildman–Crippen LogP) is 3.77. The molecule has 2 heterocycles. The molecule has 1 aromatic carbocycles. The fourth-order valence-corrected chi connectivity index (χ4v) is 3.09. The summed E-state index contributed by atoms with van der Waals surface area (Å²) in [6.45, 7) is 8.64. The number of halogens is 1. The van der Waals surface area contributed by atoms with Gasteiger partial charge in [0.05, 0.1) is 0 Å². The van der Waals surface area contributed by atoms with E-state index in [9.17, 15) is 0 Å². The van der Waals surface area contributed by atoms with Crippen LogP contribution < -0.4 is 5.32 Å². The molecule has 0 bridgehead atoms. The molecule has 1 aliphatic rings. The first kappa shape index (κ1) is 17.9. The highest BCUT2D eigenvalue weighted by Gasteiger charge is 2.23. The summed E-state index contributed by atoms with van der Waals surface area (Å²) in [5, 5.41) is 3.51. The minimum absolute atomic E-state index is 0. The maximum absolute atomic E-state index is 4.14. The van der Waals surface area contributed by atoms with Crippen molar-refractivity contribution in [3.05, 3.63) is 65.5 Å². The average Bonchev–Trinajstić information content (AvgIpc) is 2.57. The third-order valence-electron chi connectivity index (χ3n) is 4.48. The van der Waals surface area contributed by atoms with E-state index in [0.29, 0.717) is 12.0 Å². The lowest BCUT2D eigenvalue weighted by atomic mass is 10.0. The molecular formula is C19H26ClN3. The van der Waals surface area contributed by atoms with Gasteiger partial charge in [0, 0.05) is 44.6 Å². The molecule has 1 atom stereocenters. The number of piperazine rings is 1. The van der Waals surface area contributed by atoms with E-state index in [4.69, 9.17) is 0 Å². The second-order valence-electron chi connectivity index (χ2n) is 6.37. The summed E-state index contributed by atoms with van der Waals surface area (Å²) in [5.41, 5.74) is 4.15.